The number of H-pyrrole nitrogens is 1. The van der Waals surface area contributed by atoms with Gasteiger partial charge < -0.3 is 10.1 Å². The second kappa shape index (κ2) is 7.23. The Morgan fingerprint density at radius 3 is 2.84 bits per heavy atom. The molecular weight excluding hydrogens is 244 g/mol. The van der Waals surface area contributed by atoms with Crippen molar-refractivity contribution in [1.29, 1.82) is 0 Å². The molecule has 1 aromatic heterocycles. The van der Waals surface area contributed by atoms with Crippen molar-refractivity contribution in [1.82, 2.24) is 20.5 Å². The second-order valence-corrected chi connectivity index (χ2v) is 5.04. The van der Waals surface area contributed by atoms with E-state index >= 15 is 0 Å². The van der Waals surface area contributed by atoms with E-state index in [-0.39, 0.29) is 12.0 Å². The van der Waals surface area contributed by atoms with Crippen LogP contribution < -0.4 is 5.32 Å². The molecular formula is C13H22N4O2. The molecule has 1 saturated carbocycles. The largest absolute Gasteiger partial charge is 0.365 e. The first-order chi connectivity index (χ1) is 9.25. The van der Waals surface area contributed by atoms with Crippen molar-refractivity contribution in [3.8, 4) is 0 Å². The quantitative estimate of drug-likeness (QED) is 0.792. The summed E-state index contributed by atoms with van der Waals surface area (Å²) in [4.78, 5) is 15.9. The van der Waals surface area contributed by atoms with Gasteiger partial charge in [0, 0.05) is 0 Å². The van der Waals surface area contributed by atoms with Crippen LogP contribution in [0.5, 0.6) is 0 Å². The fraction of sp³-hybridized carbons (Fsp3) is 0.769. The summed E-state index contributed by atoms with van der Waals surface area (Å²) in [7, 11) is 0. The van der Waals surface area contributed by atoms with Crippen molar-refractivity contribution in [2.75, 3.05) is 0 Å². The standard InChI is InChI=1S/C13H22N4O2/c1-10(19-11-6-4-2-3-5-7-11)13(18)14-8-12-15-9-16-17-12/h9-11H,2-8H2,1H3,(H,14,18)(H,15,16,17)/t10-/m1/s1. The van der Waals surface area contributed by atoms with Gasteiger partial charge in [0.05, 0.1) is 12.6 Å². The van der Waals surface area contributed by atoms with Crippen LogP contribution in [0.15, 0.2) is 6.33 Å². The van der Waals surface area contributed by atoms with E-state index in [0.29, 0.717) is 12.4 Å². The Balaban J connectivity index is 1.72. The van der Waals surface area contributed by atoms with Crippen molar-refractivity contribution in [2.24, 2.45) is 0 Å². The zero-order chi connectivity index (χ0) is 13.5. The smallest absolute Gasteiger partial charge is 0.249 e. The van der Waals surface area contributed by atoms with Crippen LogP contribution in [0.2, 0.25) is 0 Å². The Kier molecular flexibility index (Phi) is 5.32. The van der Waals surface area contributed by atoms with Crippen LogP contribution in [-0.2, 0) is 16.1 Å². The lowest BCUT2D eigenvalue weighted by atomic mass is 10.1. The molecule has 0 radical (unpaired) electrons. The van der Waals surface area contributed by atoms with E-state index in [9.17, 15) is 4.79 Å². The molecule has 1 fully saturated rings. The van der Waals surface area contributed by atoms with Crippen molar-refractivity contribution in [2.45, 2.75) is 64.2 Å². The number of rotatable bonds is 5. The highest BCUT2D eigenvalue weighted by atomic mass is 16.5. The lowest BCUT2D eigenvalue weighted by Crippen LogP contribution is -2.36. The number of ether oxygens (including phenoxy) is 1. The Bertz CT molecular complexity index is 372. The highest BCUT2D eigenvalue weighted by molar-refractivity contribution is 5.80. The Hall–Kier alpha value is -1.43. The maximum absolute atomic E-state index is 11.9. The van der Waals surface area contributed by atoms with Crippen LogP contribution in [0.4, 0.5) is 0 Å². The molecule has 1 atom stereocenters. The predicted octanol–water partition coefficient (Wildman–Crippen LogP) is 1.55. The SMILES string of the molecule is C[C@@H](OC1CCCCCC1)C(=O)NCc1ncn[nH]1. The van der Waals surface area contributed by atoms with Crippen molar-refractivity contribution in [3.05, 3.63) is 12.2 Å². The summed E-state index contributed by atoms with van der Waals surface area (Å²) in [5.41, 5.74) is 0. The molecule has 6 heteroatoms. The number of nitrogens with zero attached hydrogens (tertiary/aromatic N) is 2. The van der Waals surface area contributed by atoms with Gasteiger partial charge in [-0.15, -0.1) is 0 Å². The molecule has 0 aliphatic heterocycles. The monoisotopic (exact) mass is 266 g/mol. The molecule has 2 rings (SSSR count). The molecule has 0 saturated heterocycles. The topological polar surface area (TPSA) is 79.9 Å². The van der Waals surface area contributed by atoms with E-state index < -0.39 is 6.10 Å². The molecule has 19 heavy (non-hydrogen) atoms. The van der Waals surface area contributed by atoms with Crippen LogP contribution >= 0.6 is 0 Å². The molecule has 0 unspecified atom stereocenters. The van der Waals surface area contributed by atoms with E-state index in [2.05, 4.69) is 20.5 Å². The number of nitrogens with one attached hydrogen (secondary N) is 2. The molecule has 2 N–H and O–H groups in total. The van der Waals surface area contributed by atoms with E-state index in [1.807, 2.05) is 0 Å². The first kappa shape index (κ1) is 14.0. The summed E-state index contributed by atoms with van der Waals surface area (Å²) in [6.07, 6.45) is 8.36. The van der Waals surface area contributed by atoms with Gasteiger partial charge in [0.1, 0.15) is 18.3 Å². The lowest BCUT2D eigenvalue weighted by molar-refractivity contribution is -0.136. The van der Waals surface area contributed by atoms with Gasteiger partial charge in [0.15, 0.2) is 0 Å². The van der Waals surface area contributed by atoms with Crippen molar-refractivity contribution >= 4 is 5.91 Å². The summed E-state index contributed by atoms with van der Waals surface area (Å²) >= 11 is 0. The summed E-state index contributed by atoms with van der Waals surface area (Å²) in [5, 5.41) is 9.23. The van der Waals surface area contributed by atoms with Gasteiger partial charge in [0.25, 0.3) is 0 Å². The summed E-state index contributed by atoms with van der Waals surface area (Å²) < 4.78 is 5.84. The minimum absolute atomic E-state index is 0.0966. The zero-order valence-electron chi connectivity index (χ0n) is 11.4. The summed E-state index contributed by atoms with van der Waals surface area (Å²) in [6, 6.07) is 0. The highest BCUT2D eigenvalue weighted by Gasteiger charge is 2.20. The zero-order valence-corrected chi connectivity index (χ0v) is 11.4. The number of amides is 1. The molecule has 106 valence electrons. The van der Waals surface area contributed by atoms with Gasteiger partial charge in [-0.05, 0) is 19.8 Å². The molecule has 0 spiro atoms. The highest BCUT2D eigenvalue weighted by Crippen LogP contribution is 2.20. The average molecular weight is 266 g/mol. The Labute approximate surface area is 113 Å². The molecule has 1 heterocycles. The molecule has 0 bridgehead atoms. The van der Waals surface area contributed by atoms with Crippen molar-refractivity contribution < 1.29 is 9.53 Å². The fourth-order valence-electron chi connectivity index (χ4n) is 2.36. The Morgan fingerprint density at radius 1 is 1.47 bits per heavy atom. The van der Waals surface area contributed by atoms with E-state index in [1.54, 1.807) is 6.92 Å². The first-order valence-corrected chi connectivity index (χ1v) is 7.03. The van der Waals surface area contributed by atoms with Gasteiger partial charge >= 0.3 is 0 Å². The van der Waals surface area contributed by atoms with Crippen LogP contribution in [0, 0.1) is 0 Å². The lowest BCUT2D eigenvalue weighted by Gasteiger charge is -2.20. The minimum atomic E-state index is -0.411. The van der Waals surface area contributed by atoms with E-state index in [0.717, 1.165) is 12.8 Å². The molecule has 6 nitrogen and oxygen atoms in total. The predicted molar refractivity (Wildman–Crippen MR) is 70.3 cm³/mol. The van der Waals surface area contributed by atoms with Crippen LogP contribution in [0.25, 0.3) is 0 Å². The van der Waals surface area contributed by atoms with Crippen LogP contribution in [-0.4, -0.2) is 33.3 Å². The molecule has 1 aromatic rings. The van der Waals surface area contributed by atoms with Gasteiger partial charge in [-0.1, -0.05) is 25.7 Å². The van der Waals surface area contributed by atoms with Gasteiger partial charge in [-0.2, -0.15) is 5.10 Å². The maximum atomic E-state index is 11.9. The average Bonchev–Trinajstić information content (AvgIpc) is 2.80. The van der Waals surface area contributed by atoms with Gasteiger partial charge in [-0.25, -0.2) is 4.98 Å². The molecule has 1 aliphatic rings. The summed E-state index contributed by atoms with van der Waals surface area (Å²) in [6.45, 7) is 2.16. The number of carbonyl (C=O) groups excluding carboxylic acids is 1. The maximum Gasteiger partial charge on any atom is 0.249 e. The van der Waals surface area contributed by atoms with Crippen molar-refractivity contribution in [3.63, 3.8) is 0 Å². The first-order valence-electron chi connectivity index (χ1n) is 7.03. The number of aromatic nitrogens is 3. The number of hydrogen-bond donors (Lipinski definition) is 2. The minimum Gasteiger partial charge on any atom is -0.365 e. The molecule has 0 aromatic carbocycles. The third-order valence-electron chi connectivity index (χ3n) is 3.46. The van der Waals surface area contributed by atoms with Crippen LogP contribution in [0.1, 0.15) is 51.3 Å². The fourth-order valence-corrected chi connectivity index (χ4v) is 2.36. The third-order valence-corrected chi connectivity index (χ3v) is 3.46. The molecule has 1 aliphatic carbocycles. The Morgan fingerprint density at radius 2 is 2.21 bits per heavy atom. The summed E-state index contributed by atoms with van der Waals surface area (Å²) in [5.74, 6) is 0.552. The molecule has 1 amide bonds. The third kappa shape index (κ3) is 4.63. The van der Waals surface area contributed by atoms with Gasteiger partial charge in [0.2, 0.25) is 5.91 Å². The van der Waals surface area contributed by atoms with Crippen LogP contribution in [0.3, 0.4) is 0 Å². The van der Waals surface area contributed by atoms with Gasteiger partial charge in [-0.3, -0.25) is 9.89 Å². The van der Waals surface area contributed by atoms with E-state index in [1.165, 1.54) is 32.0 Å². The number of hydrogen-bond acceptors (Lipinski definition) is 4. The number of carbonyl (C=O) groups is 1. The number of aromatic amines is 1. The normalized spacial score (nSPS) is 18.8. The van der Waals surface area contributed by atoms with E-state index in [4.69, 9.17) is 4.74 Å². The second-order valence-electron chi connectivity index (χ2n) is 5.04.